The largest absolute Gasteiger partial charge is 0.352 e. The Kier molecular flexibility index (Phi) is 8.09. The molecule has 0 aliphatic carbocycles. The molecule has 9 heteroatoms. The SMILES string of the molecule is CCC(C)NC(=O)C(C)N(Cc1ccccc1)C(=O)CCCN1C(=O)c2ccccc2S1(=O)=O. The molecule has 1 heterocycles. The third kappa shape index (κ3) is 5.47. The van der Waals surface area contributed by atoms with Crippen molar-refractivity contribution in [2.75, 3.05) is 6.54 Å². The first kappa shape index (κ1) is 25.4. The van der Waals surface area contributed by atoms with E-state index in [0.29, 0.717) is 0 Å². The molecule has 0 aromatic heterocycles. The average molecular weight is 486 g/mol. The Morgan fingerprint density at radius 2 is 1.68 bits per heavy atom. The van der Waals surface area contributed by atoms with Crippen molar-refractivity contribution in [1.29, 1.82) is 0 Å². The molecule has 1 aliphatic rings. The van der Waals surface area contributed by atoms with E-state index in [4.69, 9.17) is 0 Å². The molecular weight excluding hydrogens is 454 g/mol. The summed E-state index contributed by atoms with van der Waals surface area (Å²) in [7, 11) is -3.91. The fraction of sp³-hybridized carbons (Fsp3) is 0.400. The summed E-state index contributed by atoms with van der Waals surface area (Å²) in [6, 6.07) is 14.7. The van der Waals surface area contributed by atoms with Crippen LogP contribution in [0.2, 0.25) is 0 Å². The minimum Gasteiger partial charge on any atom is -0.352 e. The fourth-order valence-corrected chi connectivity index (χ4v) is 5.41. The summed E-state index contributed by atoms with van der Waals surface area (Å²) in [4.78, 5) is 40.0. The molecule has 34 heavy (non-hydrogen) atoms. The predicted octanol–water partition coefficient (Wildman–Crippen LogP) is 2.94. The molecule has 182 valence electrons. The molecule has 0 bridgehead atoms. The van der Waals surface area contributed by atoms with Crippen molar-refractivity contribution in [3.05, 3.63) is 65.7 Å². The molecule has 3 amide bonds. The van der Waals surface area contributed by atoms with E-state index in [9.17, 15) is 22.8 Å². The number of benzene rings is 2. The van der Waals surface area contributed by atoms with Crippen molar-refractivity contribution in [3.63, 3.8) is 0 Å². The van der Waals surface area contributed by atoms with Crippen molar-refractivity contribution in [2.24, 2.45) is 0 Å². The highest BCUT2D eigenvalue weighted by molar-refractivity contribution is 7.90. The van der Waals surface area contributed by atoms with Gasteiger partial charge in [-0.1, -0.05) is 49.4 Å². The van der Waals surface area contributed by atoms with Gasteiger partial charge in [-0.2, -0.15) is 0 Å². The molecule has 0 spiro atoms. The van der Waals surface area contributed by atoms with Gasteiger partial charge in [0.2, 0.25) is 11.8 Å². The molecule has 1 aliphatic heterocycles. The zero-order valence-corrected chi connectivity index (χ0v) is 20.5. The van der Waals surface area contributed by atoms with E-state index in [-0.39, 0.29) is 54.2 Å². The van der Waals surface area contributed by atoms with Crippen LogP contribution < -0.4 is 5.32 Å². The third-order valence-corrected chi connectivity index (χ3v) is 7.87. The summed E-state index contributed by atoms with van der Waals surface area (Å²) < 4.78 is 26.3. The Labute approximate surface area is 201 Å². The predicted molar refractivity (Wildman–Crippen MR) is 128 cm³/mol. The number of hydrogen-bond acceptors (Lipinski definition) is 5. The van der Waals surface area contributed by atoms with Gasteiger partial charge >= 0.3 is 0 Å². The molecule has 2 atom stereocenters. The van der Waals surface area contributed by atoms with Gasteiger partial charge in [0.15, 0.2) is 0 Å². The molecule has 8 nitrogen and oxygen atoms in total. The van der Waals surface area contributed by atoms with Crippen molar-refractivity contribution in [3.8, 4) is 0 Å². The lowest BCUT2D eigenvalue weighted by molar-refractivity contribution is -0.141. The topological polar surface area (TPSA) is 104 Å². The second-order valence-electron chi connectivity index (χ2n) is 8.48. The van der Waals surface area contributed by atoms with Gasteiger partial charge in [-0.25, -0.2) is 12.7 Å². The van der Waals surface area contributed by atoms with Gasteiger partial charge in [0.05, 0.1) is 5.56 Å². The van der Waals surface area contributed by atoms with Crippen molar-refractivity contribution in [1.82, 2.24) is 14.5 Å². The number of carbonyl (C=O) groups excluding carboxylic acids is 3. The summed E-state index contributed by atoms with van der Waals surface area (Å²) in [6.45, 7) is 5.70. The van der Waals surface area contributed by atoms with Crippen LogP contribution in [0.5, 0.6) is 0 Å². The van der Waals surface area contributed by atoms with Crippen LogP contribution in [0.1, 0.15) is 56.0 Å². The average Bonchev–Trinajstić information content (AvgIpc) is 3.03. The quantitative estimate of drug-likeness (QED) is 0.557. The lowest BCUT2D eigenvalue weighted by Crippen LogP contribution is -2.49. The smallest absolute Gasteiger partial charge is 0.269 e. The first-order chi connectivity index (χ1) is 16.2. The molecular formula is C25H31N3O5S. The number of hydrogen-bond donors (Lipinski definition) is 1. The minimum atomic E-state index is -3.91. The summed E-state index contributed by atoms with van der Waals surface area (Å²) in [5, 5.41) is 2.91. The molecule has 2 aromatic carbocycles. The highest BCUT2D eigenvalue weighted by Crippen LogP contribution is 2.30. The molecule has 3 rings (SSSR count). The van der Waals surface area contributed by atoms with Crippen LogP contribution in [0.3, 0.4) is 0 Å². The van der Waals surface area contributed by atoms with Gasteiger partial charge < -0.3 is 10.2 Å². The van der Waals surface area contributed by atoms with E-state index in [1.807, 2.05) is 44.2 Å². The number of amides is 3. The highest BCUT2D eigenvalue weighted by Gasteiger charge is 2.40. The van der Waals surface area contributed by atoms with E-state index < -0.39 is 22.0 Å². The Hall–Kier alpha value is -3.20. The Bertz CT molecular complexity index is 1150. The number of sulfonamides is 1. The van der Waals surface area contributed by atoms with Crippen LogP contribution in [0.15, 0.2) is 59.5 Å². The van der Waals surface area contributed by atoms with E-state index in [1.165, 1.54) is 17.0 Å². The van der Waals surface area contributed by atoms with Crippen LogP contribution in [0.4, 0.5) is 0 Å². The second-order valence-corrected chi connectivity index (χ2v) is 10.3. The second kappa shape index (κ2) is 10.8. The van der Waals surface area contributed by atoms with Gasteiger partial charge in [-0.05, 0) is 44.4 Å². The molecule has 0 radical (unpaired) electrons. The van der Waals surface area contributed by atoms with Crippen molar-refractivity contribution >= 4 is 27.7 Å². The van der Waals surface area contributed by atoms with Crippen LogP contribution >= 0.6 is 0 Å². The summed E-state index contributed by atoms with van der Waals surface area (Å²) in [6.07, 6.45) is 0.929. The highest BCUT2D eigenvalue weighted by atomic mass is 32.2. The number of rotatable bonds is 10. The molecule has 0 fully saturated rings. The molecule has 2 unspecified atom stereocenters. The number of nitrogens with zero attached hydrogens (tertiary/aromatic N) is 2. The first-order valence-electron chi connectivity index (χ1n) is 11.5. The monoisotopic (exact) mass is 485 g/mol. The van der Waals surface area contributed by atoms with Gasteiger partial charge in [-0.15, -0.1) is 0 Å². The standard InChI is InChI=1S/C25H31N3O5S/c1-4-18(2)26-24(30)19(3)27(17-20-11-6-5-7-12-20)23(29)15-10-16-28-25(31)21-13-8-9-14-22(21)34(28,32)33/h5-9,11-14,18-19H,4,10,15-17H2,1-3H3,(H,26,30). The maximum atomic E-state index is 13.2. The number of fused-ring (bicyclic) bond motifs is 1. The van der Waals surface area contributed by atoms with E-state index in [0.717, 1.165) is 16.3 Å². The molecule has 0 saturated carbocycles. The third-order valence-electron chi connectivity index (χ3n) is 6.03. The Morgan fingerprint density at radius 3 is 2.32 bits per heavy atom. The van der Waals surface area contributed by atoms with E-state index in [2.05, 4.69) is 5.32 Å². The lowest BCUT2D eigenvalue weighted by atomic mass is 10.1. The van der Waals surface area contributed by atoms with Crippen LogP contribution in [-0.4, -0.2) is 54.0 Å². The zero-order valence-electron chi connectivity index (χ0n) is 19.7. The summed E-state index contributed by atoms with van der Waals surface area (Å²) in [5.74, 6) is -1.10. The Morgan fingerprint density at radius 1 is 1.03 bits per heavy atom. The summed E-state index contributed by atoms with van der Waals surface area (Å²) >= 11 is 0. The van der Waals surface area contributed by atoms with Crippen molar-refractivity contribution < 1.29 is 22.8 Å². The normalized spacial score (nSPS) is 16.0. The maximum Gasteiger partial charge on any atom is 0.269 e. The number of nitrogens with one attached hydrogen (secondary N) is 1. The fourth-order valence-electron chi connectivity index (χ4n) is 3.80. The zero-order chi connectivity index (χ0) is 24.9. The number of carbonyl (C=O) groups is 3. The first-order valence-corrected chi connectivity index (χ1v) is 12.9. The van der Waals surface area contributed by atoms with Gasteiger partial charge in [0.1, 0.15) is 10.9 Å². The lowest BCUT2D eigenvalue weighted by Gasteiger charge is -2.30. The van der Waals surface area contributed by atoms with Crippen LogP contribution in [0.25, 0.3) is 0 Å². The minimum absolute atomic E-state index is 0.00340. The van der Waals surface area contributed by atoms with Crippen LogP contribution in [0, 0.1) is 0 Å². The molecule has 2 aromatic rings. The van der Waals surface area contributed by atoms with Crippen LogP contribution in [-0.2, 0) is 26.2 Å². The van der Waals surface area contributed by atoms with Gasteiger partial charge in [-0.3, -0.25) is 14.4 Å². The molecule has 0 saturated heterocycles. The van der Waals surface area contributed by atoms with Gasteiger partial charge in [0, 0.05) is 25.6 Å². The van der Waals surface area contributed by atoms with E-state index >= 15 is 0 Å². The summed E-state index contributed by atoms with van der Waals surface area (Å²) in [5.41, 5.74) is 1.03. The van der Waals surface area contributed by atoms with Crippen molar-refractivity contribution in [2.45, 2.75) is 63.6 Å². The molecule has 1 N–H and O–H groups in total. The Balaban J connectivity index is 1.69. The van der Waals surface area contributed by atoms with E-state index in [1.54, 1.807) is 19.1 Å². The van der Waals surface area contributed by atoms with Gasteiger partial charge in [0.25, 0.3) is 15.9 Å². The maximum absolute atomic E-state index is 13.2.